The highest BCUT2D eigenvalue weighted by atomic mass is 35.5. The Morgan fingerprint density at radius 2 is 1.92 bits per heavy atom. The first-order valence-corrected chi connectivity index (χ1v) is 8.55. The highest BCUT2D eigenvalue weighted by molar-refractivity contribution is 7.98. The van der Waals surface area contributed by atoms with Crippen LogP contribution in [0.5, 0.6) is 17.2 Å². The number of aromatic nitrogens is 3. The Bertz CT molecular complexity index is 892. The van der Waals surface area contributed by atoms with Gasteiger partial charge in [-0.25, -0.2) is 4.98 Å². The summed E-state index contributed by atoms with van der Waals surface area (Å²) < 4.78 is 16.2. The van der Waals surface area contributed by atoms with Gasteiger partial charge < -0.3 is 19.2 Å². The van der Waals surface area contributed by atoms with E-state index in [1.165, 1.54) is 0 Å². The molecule has 1 N–H and O–H groups in total. The largest absolute Gasteiger partial charge is 0.496 e. The minimum Gasteiger partial charge on any atom is -0.496 e. The van der Waals surface area contributed by atoms with E-state index in [1.54, 1.807) is 18.9 Å². The smallest absolute Gasteiger partial charge is 0.231 e. The summed E-state index contributed by atoms with van der Waals surface area (Å²) in [6, 6.07) is 3.82. The highest BCUT2D eigenvalue weighted by Crippen LogP contribution is 2.36. The fraction of sp³-hybridized carbons (Fsp3) is 0.294. The average Bonchev–Trinajstić information content (AvgIpc) is 3.17. The number of aromatic amines is 1. The predicted octanol–water partition coefficient (Wildman–Crippen LogP) is 4.45. The van der Waals surface area contributed by atoms with E-state index in [2.05, 4.69) is 15.0 Å². The first kappa shape index (κ1) is 20.5. The number of hydrogen-bond acceptors (Lipinski definition) is 6. The Balaban J connectivity index is 0.00000121. The molecule has 4 rings (SSSR count). The zero-order chi connectivity index (χ0) is 16.7. The van der Waals surface area contributed by atoms with E-state index in [4.69, 9.17) is 14.2 Å². The van der Waals surface area contributed by atoms with Crippen molar-refractivity contribution < 1.29 is 14.2 Å². The number of aryl methyl sites for hydroxylation is 1. The van der Waals surface area contributed by atoms with Gasteiger partial charge >= 0.3 is 0 Å². The van der Waals surface area contributed by atoms with Crippen LogP contribution in [0, 0.1) is 13.8 Å². The van der Waals surface area contributed by atoms with Gasteiger partial charge in [0.1, 0.15) is 5.75 Å². The molecule has 140 valence electrons. The van der Waals surface area contributed by atoms with Crippen LogP contribution in [0.3, 0.4) is 0 Å². The molecule has 1 aromatic carbocycles. The van der Waals surface area contributed by atoms with Crippen LogP contribution in [-0.4, -0.2) is 28.9 Å². The fourth-order valence-electron chi connectivity index (χ4n) is 2.80. The molecule has 2 aromatic heterocycles. The number of nitrogens with zero attached hydrogens (tertiary/aromatic N) is 2. The van der Waals surface area contributed by atoms with Gasteiger partial charge in [0.05, 0.1) is 23.8 Å². The van der Waals surface area contributed by atoms with Gasteiger partial charge in [-0.2, -0.15) is 0 Å². The third kappa shape index (κ3) is 3.65. The van der Waals surface area contributed by atoms with Gasteiger partial charge in [0.2, 0.25) is 6.79 Å². The number of H-pyrrole nitrogens is 1. The van der Waals surface area contributed by atoms with Crippen molar-refractivity contribution in [2.24, 2.45) is 0 Å². The molecule has 9 heteroatoms. The third-order valence-electron chi connectivity index (χ3n) is 4.05. The van der Waals surface area contributed by atoms with Crippen LogP contribution in [-0.2, 0) is 5.75 Å². The SMILES string of the molecule is COc1c(C)cnc(CSc2nc3cc4c(cc3[nH]2)OCO4)c1C.Cl.Cl. The Kier molecular flexibility index (Phi) is 6.49. The number of thioether (sulfide) groups is 1. The summed E-state index contributed by atoms with van der Waals surface area (Å²) >= 11 is 1.61. The third-order valence-corrected chi connectivity index (χ3v) is 4.93. The molecule has 3 heterocycles. The van der Waals surface area contributed by atoms with Crippen LogP contribution in [0.2, 0.25) is 0 Å². The molecule has 0 spiro atoms. The summed E-state index contributed by atoms with van der Waals surface area (Å²) in [5.41, 5.74) is 4.92. The maximum atomic E-state index is 5.46. The number of halogens is 2. The molecule has 0 amide bonds. The van der Waals surface area contributed by atoms with Crippen molar-refractivity contribution in [2.75, 3.05) is 13.9 Å². The number of rotatable bonds is 4. The van der Waals surface area contributed by atoms with E-state index >= 15 is 0 Å². The Hall–Kier alpha value is -1.83. The molecular weight excluding hydrogens is 397 g/mol. The van der Waals surface area contributed by atoms with Crippen LogP contribution >= 0.6 is 36.6 Å². The molecule has 1 aliphatic rings. The number of benzene rings is 1. The van der Waals surface area contributed by atoms with Crippen molar-refractivity contribution in [1.82, 2.24) is 15.0 Å². The Morgan fingerprint density at radius 1 is 1.19 bits per heavy atom. The van der Waals surface area contributed by atoms with Gasteiger partial charge in [-0.3, -0.25) is 4.98 Å². The second kappa shape index (κ2) is 8.24. The first-order valence-electron chi connectivity index (χ1n) is 7.57. The second-order valence-electron chi connectivity index (χ2n) is 5.60. The van der Waals surface area contributed by atoms with E-state index in [0.29, 0.717) is 0 Å². The minimum absolute atomic E-state index is 0. The maximum absolute atomic E-state index is 5.46. The molecule has 0 atom stereocenters. The normalized spacial score (nSPS) is 11.8. The van der Waals surface area contributed by atoms with Crippen molar-refractivity contribution in [3.63, 3.8) is 0 Å². The van der Waals surface area contributed by atoms with Gasteiger partial charge in [0, 0.05) is 35.2 Å². The van der Waals surface area contributed by atoms with Crippen LogP contribution in [0.4, 0.5) is 0 Å². The van der Waals surface area contributed by atoms with Crippen molar-refractivity contribution in [1.29, 1.82) is 0 Å². The maximum Gasteiger partial charge on any atom is 0.231 e. The summed E-state index contributed by atoms with van der Waals surface area (Å²) in [6.07, 6.45) is 1.85. The summed E-state index contributed by atoms with van der Waals surface area (Å²) in [6.45, 7) is 4.30. The number of methoxy groups -OCH3 is 1. The van der Waals surface area contributed by atoms with Crippen molar-refractivity contribution >= 4 is 47.6 Å². The lowest BCUT2D eigenvalue weighted by Gasteiger charge is -2.11. The number of imidazole rings is 1. The van der Waals surface area contributed by atoms with Crippen LogP contribution < -0.4 is 14.2 Å². The lowest BCUT2D eigenvalue weighted by molar-refractivity contribution is 0.174. The Morgan fingerprint density at radius 3 is 2.65 bits per heavy atom. The minimum atomic E-state index is 0. The molecule has 0 fully saturated rings. The van der Waals surface area contributed by atoms with Crippen LogP contribution in [0.15, 0.2) is 23.5 Å². The quantitative estimate of drug-likeness (QED) is 0.634. The molecular formula is C17H19Cl2N3O3S. The predicted molar refractivity (Wildman–Crippen MR) is 107 cm³/mol. The van der Waals surface area contributed by atoms with Gasteiger partial charge in [-0.15, -0.1) is 24.8 Å². The molecule has 3 aromatic rings. The molecule has 1 aliphatic heterocycles. The van der Waals surface area contributed by atoms with Crippen molar-refractivity contribution in [3.8, 4) is 17.2 Å². The van der Waals surface area contributed by atoms with E-state index in [9.17, 15) is 0 Å². The van der Waals surface area contributed by atoms with E-state index in [0.717, 1.165) is 56.0 Å². The van der Waals surface area contributed by atoms with Crippen molar-refractivity contribution in [2.45, 2.75) is 24.8 Å². The molecule has 0 unspecified atom stereocenters. The summed E-state index contributed by atoms with van der Waals surface area (Å²) in [5, 5.41) is 0.842. The average molecular weight is 416 g/mol. The Labute approximate surface area is 167 Å². The first-order chi connectivity index (χ1) is 11.7. The zero-order valence-corrected chi connectivity index (χ0v) is 16.9. The number of ether oxygens (including phenoxy) is 3. The number of pyridine rings is 1. The lowest BCUT2D eigenvalue weighted by atomic mass is 10.1. The van der Waals surface area contributed by atoms with E-state index < -0.39 is 0 Å². The molecule has 0 aliphatic carbocycles. The van der Waals surface area contributed by atoms with E-state index in [-0.39, 0.29) is 31.6 Å². The monoisotopic (exact) mass is 415 g/mol. The fourth-order valence-corrected chi connectivity index (χ4v) is 3.71. The topological polar surface area (TPSA) is 69.3 Å². The number of nitrogens with one attached hydrogen (secondary N) is 1. The molecule has 26 heavy (non-hydrogen) atoms. The highest BCUT2D eigenvalue weighted by Gasteiger charge is 2.17. The molecule has 0 bridgehead atoms. The summed E-state index contributed by atoms with van der Waals surface area (Å²) in [4.78, 5) is 12.4. The van der Waals surface area contributed by atoms with E-state index in [1.807, 2.05) is 32.2 Å². The second-order valence-corrected chi connectivity index (χ2v) is 6.56. The van der Waals surface area contributed by atoms with Gasteiger partial charge in [0.25, 0.3) is 0 Å². The summed E-state index contributed by atoms with van der Waals surface area (Å²) in [5.74, 6) is 3.11. The van der Waals surface area contributed by atoms with Crippen LogP contribution in [0.1, 0.15) is 16.8 Å². The summed E-state index contributed by atoms with van der Waals surface area (Å²) in [7, 11) is 1.69. The standard InChI is InChI=1S/C17H17N3O3S.2ClH/c1-9-6-18-13(10(2)16(9)21-3)7-24-17-19-11-4-14-15(23-8-22-14)5-12(11)20-17;;/h4-6H,7-8H2,1-3H3,(H,19,20);2*1H. The lowest BCUT2D eigenvalue weighted by Crippen LogP contribution is -1.98. The van der Waals surface area contributed by atoms with Gasteiger partial charge in [-0.1, -0.05) is 11.8 Å². The van der Waals surface area contributed by atoms with Crippen LogP contribution in [0.25, 0.3) is 11.0 Å². The zero-order valence-electron chi connectivity index (χ0n) is 14.5. The number of fused-ring (bicyclic) bond motifs is 2. The molecule has 0 radical (unpaired) electrons. The molecule has 0 saturated carbocycles. The molecule has 6 nitrogen and oxygen atoms in total. The molecule has 0 saturated heterocycles. The number of hydrogen-bond donors (Lipinski definition) is 1. The van der Waals surface area contributed by atoms with Gasteiger partial charge in [-0.05, 0) is 13.8 Å². The van der Waals surface area contributed by atoms with Gasteiger partial charge in [0.15, 0.2) is 16.7 Å². The van der Waals surface area contributed by atoms with Crippen molar-refractivity contribution in [3.05, 3.63) is 35.2 Å².